The molecule has 0 aliphatic heterocycles. The minimum absolute atomic E-state index is 0.104. The number of aliphatic hydroxyl groups excluding tert-OH is 1. The van der Waals surface area contributed by atoms with Gasteiger partial charge in [0.05, 0.1) is 11.9 Å². The van der Waals surface area contributed by atoms with Crippen LogP contribution in [0.3, 0.4) is 0 Å². The molecule has 0 bridgehead atoms. The minimum Gasteiger partial charge on any atom is -0.491 e. The second-order valence-electron chi connectivity index (χ2n) is 7.59. The summed E-state index contributed by atoms with van der Waals surface area (Å²) in [5, 5.41) is 11.1. The summed E-state index contributed by atoms with van der Waals surface area (Å²) in [5.74, 6) is 1.77. The van der Waals surface area contributed by atoms with Crippen LogP contribution in [0, 0.1) is 6.92 Å². The quantitative estimate of drug-likeness (QED) is 0.557. The highest BCUT2D eigenvalue weighted by Gasteiger charge is 2.15. The number of likely N-dealkylation sites (N-methyl/N-ethyl adjacent to an activating group) is 1. The molecule has 1 unspecified atom stereocenters. The SMILES string of the molecule is CCN(Cc1nc2sc(C(C)C)cc2c(=O)[nH]1)CC(O)COc1ccccc1C. The maximum atomic E-state index is 12.4. The molecule has 6 nitrogen and oxygen atoms in total. The van der Waals surface area contributed by atoms with Gasteiger partial charge >= 0.3 is 0 Å². The number of benzene rings is 1. The van der Waals surface area contributed by atoms with Crippen molar-refractivity contribution in [2.24, 2.45) is 0 Å². The van der Waals surface area contributed by atoms with Gasteiger partial charge in [0.1, 0.15) is 29.1 Å². The van der Waals surface area contributed by atoms with E-state index in [2.05, 4.69) is 23.8 Å². The number of para-hydroxylation sites is 1. The molecule has 156 valence electrons. The highest BCUT2D eigenvalue weighted by Crippen LogP contribution is 2.27. The topological polar surface area (TPSA) is 78.5 Å². The van der Waals surface area contributed by atoms with Gasteiger partial charge in [0.2, 0.25) is 0 Å². The fourth-order valence-corrected chi connectivity index (χ4v) is 4.18. The van der Waals surface area contributed by atoms with Crippen molar-refractivity contribution < 1.29 is 9.84 Å². The van der Waals surface area contributed by atoms with Gasteiger partial charge in [-0.3, -0.25) is 9.69 Å². The van der Waals surface area contributed by atoms with Crippen LogP contribution in [-0.2, 0) is 6.54 Å². The number of ether oxygens (including phenoxy) is 1. The van der Waals surface area contributed by atoms with Crippen molar-refractivity contribution in [1.29, 1.82) is 0 Å². The summed E-state index contributed by atoms with van der Waals surface area (Å²) in [4.78, 5) is 24.0. The molecule has 3 aromatic rings. The Morgan fingerprint density at radius 1 is 1.31 bits per heavy atom. The molecule has 7 heteroatoms. The lowest BCUT2D eigenvalue weighted by Gasteiger charge is -2.23. The van der Waals surface area contributed by atoms with Crippen LogP contribution in [0.15, 0.2) is 35.1 Å². The molecule has 0 amide bonds. The van der Waals surface area contributed by atoms with Gasteiger partial charge in [-0.15, -0.1) is 11.3 Å². The molecule has 2 heterocycles. The number of aromatic amines is 1. The average Bonchev–Trinajstić information content (AvgIpc) is 3.12. The summed E-state index contributed by atoms with van der Waals surface area (Å²) in [6, 6.07) is 9.69. The van der Waals surface area contributed by atoms with Gasteiger partial charge in [0, 0.05) is 11.4 Å². The first-order valence-corrected chi connectivity index (χ1v) is 10.8. The van der Waals surface area contributed by atoms with Gasteiger partial charge in [-0.1, -0.05) is 39.0 Å². The van der Waals surface area contributed by atoms with E-state index in [1.165, 1.54) is 0 Å². The molecule has 1 atom stereocenters. The van der Waals surface area contributed by atoms with Crippen molar-refractivity contribution in [1.82, 2.24) is 14.9 Å². The van der Waals surface area contributed by atoms with Gasteiger partial charge < -0.3 is 14.8 Å². The van der Waals surface area contributed by atoms with E-state index >= 15 is 0 Å². The molecule has 1 aromatic carbocycles. The van der Waals surface area contributed by atoms with Crippen molar-refractivity contribution >= 4 is 21.6 Å². The number of nitrogens with one attached hydrogen (secondary N) is 1. The maximum Gasteiger partial charge on any atom is 0.259 e. The van der Waals surface area contributed by atoms with Crippen molar-refractivity contribution in [3.63, 3.8) is 0 Å². The summed E-state index contributed by atoms with van der Waals surface area (Å²) in [5.41, 5.74) is 0.937. The van der Waals surface area contributed by atoms with Gasteiger partial charge in [0.15, 0.2) is 0 Å². The number of aliphatic hydroxyl groups is 1. The first-order valence-electron chi connectivity index (χ1n) is 9.98. The van der Waals surface area contributed by atoms with Crippen LogP contribution in [-0.4, -0.2) is 45.8 Å². The van der Waals surface area contributed by atoms with Crippen LogP contribution in [0.5, 0.6) is 5.75 Å². The molecular formula is C22H29N3O3S. The molecular weight excluding hydrogens is 386 g/mol. The molecule has 3 rings (SSSR count). The molecule has 2 N–H and O–H groups in total. The fourth-order valence-electron chi connectivity index (χ4n) is 3.13. The van der Waals surface area contributed by atoms with E-state index in [4.69, 9.17) is 4.74 Å². The zero-order valence-corrected chi connectivity index (χ0v) is 18.3. The van der Waals surface area contributed by atoms with E-state index in [9.17, 15) is 9.90 Å². The summed E-state index contributed by atoms with van der Waals surface area (Å²) >= 11 is 1.57. The normalized spacial score (nSPS) is 12.8. The van der Waals surface area contributed by atoms with E-state index < -0.39 is 6.10 Å². The zero-order chi connectivity index (χ0) is 21.0. The number of hydrogen-bond acceptors (Lipinski definition) is 6. The molecule has 0 saturated carbocycles. The van der Waals surface area contributed by atoms with Crippen LogP contribution in [0.2, 0.25) is 0 Å². The number of aromatic nitrogens is 2. The summed E-state index contributed by atoms with van der Waals surface area (Å²) in [6.07, 6.45) is -0.640. The lowest BCUT2D eigenvalue weighted by Crippen LogP contribution is -2.36. The predicted octanol–water partition coefficient (Wildman–Crippen LogP) is 3.68. The second-order valence-corrected chi connectivity index (χ2v) is 8.66. The fraction of sp³-hybridized carbons (Fsp3) is 0.455. The Morgan fingerprint density at radius 2 is 2.07 bits per heavy atom. The maximum absolute atomic E-state index is 12.4. The predicted molar refractivity (Wildman–Crippen MR) is 118 cm³/mol. The third-order valence-electron chi connectivity index (χ3n) is 4.85. The number of rotatable bonds is 9. The van der Waals surface area contributed by atoms with Crippen molar-refractivity contribution in [3.05, 3.63) is 57.0 Å². The molecule has 2 aromatic heterocycles. The molecule has 0 fully saturated rings. The molecule has 0 spiro atoms. The Balaban J connectivity index is 1.64. The minimum atomic E-state index is -0.640. The van der Waals surface area contributed by atoms with Crippen LogP contribution in [0.25, 0.3) is 10.2 Å². The van der Waals surface area contributed by atoms with Crippen LogP contribution < -0.4 is 10.3 Å². The number of aryl methyl sites for hydroxylation is 1. The number of hydrogen-bond donors (Lipinski definition) is 2. The standard InChI is InChI=1S/C22H29N3O3S/c1-5-25(11-16(26)13-28-18-9-7-6-8-15(18)4)12-20-23-21(27)17-10-19(14(2)3)29-22(17)24-20/h6-10,14,16,26H,5,11-13H2,1-4H3,(H,23,24,27). The van der Waals surface area contributed by atoms with Crippen LogP contribution in [0.1, 0.15) is 43.0 Å². The number of fused-ring (bicyclic) bond motifs is 1. The van der Waals surface area contributed by atoms with Gasteiger partial charge in [-0.2, -0.15) is 0 Å². The van der Waals surface area contributed by atoms with Crippen molar-refractivity contribution in [2.75, 3.05) is 19.7 Å². The number of nitrogens with zero attached hydrogens (tertiary/aromatic N) is 2. The van der Waals surface area contributed by atoms with E-state index in [1.54, 1.807) is 11.3 Å². The highest BCUT2D eigenvalue weighted by molar-refractivity contribution is 7.18. The second kappa shape index (κ2) is 9.52. The molecule has 0 saturated heterocycles. The van der Waals surface area contributed by atoms with E-state index in [0.717, 1.165) is 27.6 Å². The third-order valence-corrected chi connectivity index (χ3v) is 6.18. The monoisotopic (exact) mass is 415 g/mol. The Labute approximate surface area is 175 Å². The Hall–Kier alpha value is -2.22. The zero-order valence-electron chi connectivity index (χ0n) is 17.4. The Kier molecular flexibility index (Phi) is 7.05. The molecule has 0 radical (unpaired) electrons. The Morgan fingerprint density at radius 3 is 2.76 bits per heavy atom. The molecule has 0 aliphatic rings. The van der Waals surface area contributed by atoms with Crippen LogP contribution in [0.4, 0.5) is 0 Å². The number of H-pyrrole nitrogens is 1. The first-order chi connectivity index (χ1) is 13.9. The summed E-state index contributed by atoms with van der Waals surface area (Å²) in [7, 11) is 0. The van der Waals surface area contributed by atoms with E-state index in [-0.39, 0.29) is 12.2 Å². The smallest absolute Gasteiger partial charge is 0.259 e. The third kappa shape index (κ3) is 5.44. The van der Waals surface area contributed by atoms with Crippen molar-refractivity contribution in [3.8, 4) is 5.75 Å². The summed E-state index contributed by atoms with van der Waals surface area (Å²) in [6.45, 7) is 10.1. The number of thiophene rings is 1. The van der Waals surface area contributed by atoms with Crippen molar-refractivity contribution in [2.45, 2.75) is 46.3 Å². The summed E-state index contributed by atoms with van der Waals surface area (Å²) < 4.78 is 5.75. The van der Waals surface area contributed by atoms with Gasteiger partial charge in [-0.05, 0) is 37.1 Å². The highest BCUT2D eigenvalue weighted by atomic mass is 32.1. The lowest BCUT2D eigenvalue weighted by atomic mass is 10.2. The van der Waals surface area contributed by atoms with Gasteiger partial charge in [0.25, 0.3) is 5.56 Å². The Bertz CT molecular complexity index is 1010. The van der Waals surface area contributed by atoms with Crippen LogP contribution >= 0.6 is 11.3 Å². The first kappa shape index (κ1) is 21.5. The van der Waals surface area contributed by atoms with E-state index in [1.807, 2.05) is 49.1 Å². The molecule has 29 heavy (non-hydrogen) atoms. The van der Waals surface area contributed by atoms with E-state index in [0.29, 0.717) is 30.2 Å². The van der Waals surface area contributed by atoms with Gasteiger partial charge in [-0.25, -0.2) is 4.98 Å². The average molecular weight is 416 g/mol. The molecule has 0 aliphatic carbocycles. The largest absolute Gasteiger partial charge is 0.491 e. The lowest BCUT2D eigenvalue weighted by molar-refractivity contribution is 0.0664.